The maximum atomic E-state index is 13.5. The molecule has 132 valence electrons. The third-order valence-corrected chi connectivity index (χ3v) is 4.90. The SMILES string of the molecule is COc1cc(N2CCN(C(=O)c3cc(C4CC4)[nH]n3)CC2)ccc1F. The lowest BCUT2D eigenvalue weighted by atomic mass is 10.2. The minimum absolute atomic E-state index is 0.0283. The van der Waals surface area contributed by atoms with E-state index >= 15 is 0 Å². The van der Waals surface area contributed by atoms with Crippen LogP contribution < -0.4 is 9.64 Å². The predicted molar refractivity (Wildman–Crippen MR) is 91.6 cm³/mol. The zero-order valence-corrected chi connectivity index (χ0v) is 14.2. The summed E-state index contributed by atoms with van der Waals surface area (Å²) in [5.74, 6) is 0.393. The van der Waals surface area contributed by atoms with Crippen LogP contribution in [0.15, 0.2) is 24.3 Å². The first kappa shape index (κ1) is 15.9. The normalized spacial score (nSPS) is 17.7. The Morgan fingerprint density at radius 3 is 2.68 bits per heavy atom. The van der Waals surface area contributed by atoms with Gasteiger partial charge in [0.25, 0.3) is 5.91 Å². The lowest BCUT2D eigenvalue weighted by Crippen LogP contribution is -2.48. The van der Waals surface area contributed by atoms with Gasteiger partial charge >= 0.3 is 0 Å². The molecule has 1 aliphatic heterocycles. The molecule has 2 aliphatic rings. The van der Waals surface area contributed by atoms with Gasteiger partial charge in [-0.05, 0) is 31.0 Å². The number of piperazine rings is 1. The zero-order valence-electron chi connectivity index (χ0n) is 14.2. The van der Waals surface area contributed by atoms with Gasteiger partial charge in [-0.2, -0.15) is 5.10 Å². The summed E-state index contributed by atoms with van der Waals surface area (Å²) in [7, 11) is 1.46. The number of rotatable bonds is 4. The third kappa shape index (κ3) is 3.18. The third-order valence-electron chi connectivity index (χ3n) is 4.90. The minimum atomic E-state index is -0.370. The van der Waals surface area contributed by atoms with Gasteiger partial charge in [0.15, 0.2) is 11.6 Å². The summed E-state index contributed by atoms with van der Waals surface area (Å²) in [5, 5.41) is 7.16. The number of ether oxygens (including phenoxy) is 1. The van der Waals surface area contributed by atoms with Crippen molar-refractivity contribution in [3.63, 3.8) is 0 Å². The number of carbonyl (C=O) groups excluding carboxylic acids is 1. The van der Waals surface area contributed by atoms with Crippen molar-refractivity contribution in [2.45, 2.75) is 18.8 Å². The lowest BCUT2D eigenvalue weighted by Gasteiger charge is -2.35. The van der Waals surface area contributed by atoms with Gasteiger partial charge in [-0.15, -0.1) is 0 Å². The molecule has 0 spiro atoms. The number of hydrogen-bond acceptors (Lipinski definition) is 4. The maximum absolute atomic E-state index is 13.5. The number of halogens is 1. The Morgan fingerprint density at radius 2 is 2.00 bits per heavy atom. The van der Waals surface area contributed by atoms with Crippen LogP contribution in [0, 0.1) is 5.82 Å². The summed E-state index contributed by atoms with van der Waals surface area (Å²) in [5.41, 5.74) is 2.47. The van der Waals surface area contributed by atoms with E-state index in [0.29, 0.717) is 37.8 Å². The number of benzene rings is 1. The molecule has 1 N–H and O–H groups in total. The molecule has 6 nitrogen and oxygen atoms in total. The zero-order chi connectivity index (χ0) is 17.4. The Morgan fingerprint density at radius 1 is 1.24 bits per heavy atom. The molecule has 2 heterocycles. The first-order valence-corrected chi connectivity index (χ1v) is 8.59. The molecule has 0 atom stereocenters. The second kappa shape index (κ2) is 6.38. The van der Waals surface area contributed by atoms with E-state index in [1.807, 2.05) is 11.0 Å². The van der Waals surface area contributed by atoms with Crippen molar-refractivity contribution in [2.24, 2.45) is 0 Å². The van der Waals surface area contributed by atoms with E-state index in [-0.39, 0.29) is 17.5 Å². The lowest BCUT2D eigenvalue weighted by molar-refractivity contribution is 0.0741. The fourth-order valence-electron chi connectivity index (χ4n) is 3.22. The molecule has 2 fully saturated rings. The average molecular weight is 344 g/mol. The van der Waals surface area contributed by atoms with Gasteiger partial charge < -0.3 is 14.5 Å². The van der Waals surface area contributed by atoms with E-state index in [1.165, 1.54) is 26.0 Å². The highest BCUT2D eigenvalue weighted by molar-refractivity contribution is 5.92. The van der Waals surface area contributed by atoms with Gasteiger partial charge in [-0.25, -0.2) is 4.39 Å². The largest absolute Gasteiger partial charge is 0.494 e. The molecule has 0 unspecified atom stereocenters. The molecule has 1 saturated carbocycles. The van der Waals surface area contributed by atoms with E-state index in [1.54, 1.807) is 12.1 Å². The Bertz CT molecular complexity index is 779. The van der Waals surface area contributed by atoms with E-state index in [4.69, 9.17) is 4.74 Å². The van der Waals surface area contributed by atoms with Crippen LogP contribution in [0.4, 0.5) is 10.1 Å². The molecule has 0 radical (unpaired) electrons. The first-order chi connectivity index (χ1) is 12.2. The molecule has 25 heavy (non-hydrogen) atoms. The van der Waals surface area contributed by atoms with Gasteiger partial charge in [0.1, 0.15) is 5.69 Å². The Balaban J connectivity index is 1.39. The van der Waals surface area contributed by atoms with Crippen molar-refractivity contribution < 1.29 is 13.9 Å². The van der Waals surface area contributed by atoms with Crippen LogP contribution in [-0.4, -0.2) is 54.3 Å². The number of carbonyl (C=O) groups is 1. The number of anilines is 1. The molecule has 1 aliphatic carbocycles. The summed E-state index contributed by atoms with van der Waals surface area (Å²) < 4.78 is 18.6. The van der Waals surface area contributed by atoms with Gasteiger partial charge in [0.2, 0.25) is 0 Å². The van der Waals surface area contributed by atoms with Crippen LogP contribution in [0.25, 0.3) is 0 Å². The molecule has 4 rings (SSSR count). The molecular weight excluding hydrogens is 323 g/mol. The van der Waals surface area contributed by atoms with Crippen LogP contribution >= 0.6 is 0 Å². The molecule has 1 saturated heterocycles. The van der Waals surface area contributed by atoms with E-state index < -0.39 is 0 Å². The quantitative estimate of drug-likeness (QED) is 0.925. The van der Waals surface area contributed by atoms with Crippen molar-refractivity contribution >= 4 is 11.6 Å². The second-order valence-electron chi connectivity index (χ2n) is 6.58. The molecule has 1 amide bonds. The molecule has 0 bridgehead atoms. The van der Waals surface area contributed by atoms with Crippen LogP contribution in [0.1, 0.15) is 34.9 Å². The Kier molecular flexibility index (Phi) is 4.07. The molecule has 1 aromatic carbocycles. The standard InChI is InChI=1S/C18H21FN4O2/c1-25-17-10-13(4-5-14(17)19)22-6-8-23(9-7-22)18(24)16-11-15(20-21-16)12-2-3-12/h4-5,10-12H,2-3,6-9H2,1H3,(H,20,21). The van der Waals surface area contributed by atoms with E-state index in [0.717, 1.165) is 11.4 Å². The van der Waals surface area contributed by atoms with E-state index in [2.05, 4.69) is 15.1 Å². The first-order valence-electron chi connectivity index (χ1n) is 8.59. The van der Waals surface area contributed by atoms with Crippen molar-refractivity contribution in [1.82, 2.24) is 15.1 Å². The van der Waals surface area contributed by atoms with Crippen molar-refractivity contribution in [3.8, 4) is 5.75 Å². The monoisotopic (exact) mass is 344 g/mol. The fourth-order valence-corrected chi connectivity index (χ4v) is 3.22. The smallest absolute Gasteiger partial charge is 0.274 e. The number of H-pyrrole nitrogens is 1. The van der Waals surface area contributed by atoms with Gasteiger partial charge in [-0.3, -0.25) is 9.89 Å². The maximum Gasteiger partial charge on any atom is 0.274 e. The average Bonchev–Trinajstić information content (AvgIpc) is 3.39. The minimum Gasteiger partial charge on any atom is -0.494 e. The number of hydrogen-bond donors (Lipinski definition) is 1. The van der Waals surface area contributed by atoms with Gasteiger partial charge in [-0.1, -0.05) is 0 Å². The highest BCUT2D eigenvalue weighted by Crippen LogP contribution is 2.39. The highest BCUT2D eigenvalue weighted by Gasteiger charge is 2.29. The van der Waals surface area contributed by atoms with Crippen LogP contribution in [0.3, 0.4) is 0 Å². The van der Waals surface area contributed by atoms with Crippen molar-refractivity contribution in [2.75, 3.05) is 38.2 Å². The number of methoxy groups -OCH3 is 1. The summed E-state index contributed by atoms with van der Waals surface area (Å²) in [6.07, 6.45) is 2.35. The molecular formula is C18H21FN4O2. The number of aromatic amines is 1. The molecule has 2 aromatic rings. The summed E-state index contributed by atoms with van der Waals surface area (Å²) in [6.45, 7) is 2.62. The van der Waals surface area contributed by atoms with E-state index in [9.17, 15) is 9.18 Å². The predicted octanol–water partition coefficient (Wildman–Crippen LogP) is 2.40. The summed E-state index contributed by atoms with van der Waals surface area (Å²) >= 11 is 0. The molecule has 1 aromatic heterocycles. The van der Waals surface area contributed by atoms with Crippen LogP contribution in [0.2, 0.25) is 0 Å². The topological polar surface area (TPSA) is 61.5 Å². The summed E-state index contributed by atoms with van der Waals surface area (Å²) in [4.78, 5) is 16.6. The number of nitrogens with zero attached hydrogens (tertiary/aromatic N) is 3. The van der Waals surface area contributed by atoms with Crippen LogP contribution in [-0.2, 0) is 0 Å². The van der Waals surface area contributed by atoms with Crippen molar-refractivity contribution in [1.29, 1.82) is 0 Å². The number of aromatic nitrogens is 2. The van der Waals surface area contributed by atoms with Crippen LogP contribution in [0.5, 0.6) is 5.75 Å². The molecule has 7 heteroatoms. The number of amides is 1. The Hall–Kier alpha value is -2.57. The number of nitrogens with one attached hydrogen (secondary N) is 1. The van der Waals surface area contributed by atoms with Gasteiger partial charge in [0.05, 0.1) is 7.11 Å². The van der Waals surface area contributed by atoms with Crippen molar-refractivity contribution in [3.05, 3.63) is 41.5 Å². The fraction of sp³-hybridized carbons (Fsp3) is 0.444. The summed E-state index contributed by atoms with van der Waals surface area (Å²) in [6, 6.07) is 6.74. The second-order valence-corrected chi connectivity index (χ2v) is 6.58. The highest BCUT2D eigenvalue weighted by atomic mass is 19.1. The Labute approximate surface area is 145 Å². The van der Waals surface area contributed by atoms with Gasteiger partial charge in [0, 0.05) is 49.5 Å².